The summed E-state index contributed by atoms with van der Waals surface area (Å²) in [5.41, 5.74) is 2.86. The van der Waals surface area contributed by atoms with Crippen LogP contribution in [0.2, 0.25) is 0 Å². The van der Waals surface area contributed by atoms with Crippen LogP contribution >= 0.6 is 24.0 Å². The number of hydrogen-bond acceptors (Lipinski definition) is 3. The topological polar surface area (TPSA) is 40.1 Å². The first-order chi connectivity index (χ1) is 11.7. The minimum Gasteiger partial charge on any atom is -0.384 e. The van der Waals surface area contributed by atoms with Crippen LogP contribution in [0, 0.1) is 5.92 Å². The molecule has 1 N–H and O–H groups in total. The molecule has 1 fully saturated rings. The molecular weight excluding hydrogens is 427 g/mol. The molecular formula is C19H31IN4O. The number of likely N-dealkylation sites (tertiary alicyclic amines) is 1. The quantitative estimate of drug-likeness (QED) is 0.419. The van der Waals surface area contributed by atoms with E-state index in [1.165, 1.54) is 17.7 Å². The molecule has 1 saturated heterocycles. The average molecular weight is 458 g/mol. The standard InChI is InChI=1S/C19H30N4O.HI/c1-15(23-11-9-17-6-4-5-7-18(17)23)12-21-19(20-2)22-10-8-16(13-22)14-24-3;/h4-7,15-16H,8-14H2,1-3H3,(H,20,21);1H. The number of rotatable bonds is 5. The summed E-state index contributed by atoms with van der Waals surface area (Å²) in [5, 5.41) is 3.57. The summed E-state index contributed by atoms with van der Waals surface area (Å²) in [5.74, 6) is 1.64. The highest BCUT2D eigenvalue weighted by Crippen LogP contribution is 2.28. The Morgan fingerprint density at radius 1 is 1.36 bits per heavy atom. The van der Waals surface area contributed by atoms with Crippen molar-refractivity contribution in [2.45, 2.75) is 25.8 Å². The minimum atomic E-state index is 0. The Morgan fingerprint density at radius 2 is 2.16 bits per heavy atom. The van der Waals surface area contributed by atoms with Gasteiger partial charge in [-0.05, 0) is 31.4 Å². The number of para-hydroxylation sites is 1. The van der Waals surface area contributed by atoms with Gasteiger partial charge in [0.1, 0.15) is 0 Å². The summed E-state index contributed by atoms with van der Waals surface area (Å²) in [6.07, 6.45) is 2.34. The minimum absolute atomic E-state index is 0. The lowest BCUT2D eigenvalue weighted by atomic mass is 10.1. The van der Waals surface area contributed by atoms with Crippen molar-refractivity contribution in [3.05, 3.63) is 29.8 Å². The molecule has 0 aliphatic carbocycles. The van der Waals surface area contributed by atoms with E-state index < -0.39 is 0 Å². The number of hydrogen-bond donors (Lipinski definition) is 1. The molecule has 2 heterocycles. The molecule has 140 valence electrons. The first-order valence-corrected chi connectivity index (χ1v) is 9.02. The van der Waals surface area contributed by atoms with Crippen molar-refractivity contribution in [2.75, 3.05) is 51.8 Å². The number of guanidine groups is 1. The number of nitrogens with one attached hydrogen (secondary N) is 1. The summed E-state index contributed by atoms with van der Waals surface area (Å²) in [4.78, 5) is 9.34. The average Bonchev–Trinajstić information content (AvgIpc) is 3.23. The number of anilines is 1. The lowest BCUT2D eigenvalue weighted by Gasteiger charge is -2.29. The van der Waals surface area contributed by atoms with Crippen molar-refractivity contribution in [3.63, 3.8) is 0 Å². The number of halogens is 1. The molecule has 25 heavy (non-hydrogen) atoms. The van der Waals surface area contributed by atoms with Gasteiger partial charge in [-0.3, -0.25) is 4.99 Å². The monoisotopic (exact) mass is 458 g/mol. The molecule has 0 spiro atoms. The van der Waals surface area contributed by atoms with Gasteiger partial charge in [-0.2, -0.15) is 0 Å². The van der Waals surface area contributed by atoms with Gasteiger partial charge in [-0.1, -0.05) is 18.2 Å². The van der Waals surface area contributed by atoms with Crippen LogP contribution in [-0.4, -0.2) is 63.8 Å². The van der Waals surface area contributed by atoms with Crippen LogP contribution in [-0.2, 0) is 11.2 Å². The van der Waals surface area contributed by atoms with E-state index in [0.717, 1.165) is 45.2 Å². The zero-order valence-corrected chi connectivity index (χ0v) is 17.9. The summed E-state index contributed by atoms with van der Waals surface area (Å²) in [6, 6.07) is 9.20. The maximum absolute atomic E-state index is 5.29. The van der Waals surface area contributed by atoms with Gasteiger partial charge in [0.2, 0.25) is 0 Å². The van der Waals surface area contributed by atoms with Crippen LogP contribution in [0.25, 0.3) is 0 Å². The molecule has 0 aromatic heterocycles. The number of methoxy groups -OCH3 is 1. The van der Waals surface area contributed by atoms with Crippen LogP contribution in [0.15, 0.2) is 29.3 Å². The molecule has 3 rings (SSSR count). The first kappa shape index (κ1) is 20.3. The number of aliphatic imine (C=N–C) groups is 1. The van der Waals surface area contributed by atoms with Crippen LogP contribution in [0.3, 0.4) is 0 Å². The van der Waals surface area contributed by atoms with Gasteiger partial charge >= 0.3 is 0 Å². The predicted octanol–water partition coefficient (Wildman–Crippen LogP) is 2.60. The van der Waals surface area contributed by atoms with E-state index in [0.29, 0.717) is 12.0 Å². The van der Waals surface area contributed by atoms with Crippen LogP contribution in [0.4, 0.5) is 5.69 Å². The van der Waals surface area contributed by atoms with Crippen LogP contribution in [0.5, 0.6) is 0 Å². The van der Waals surface area contributed by atoms with Crippen LogP contribution in [0.1, 0.15) is 18.9 Å². The fourth-order valence-corrected chi connectivity index (χ4v) is 3.90. The zero-order valence-electron chi connectivity index (χ0n) is 15.6. The Bertz CT molecular complexity index is 580. The highest BCUT2D eigenvalue weighted by atomic mass is 127. The van der Waals surface area contributed by atoms with E-state index in [-0.39, 0.29) is 24.0 Å². The Balaban J connectivity index is 0.00000225. The maximum Gasteiger partial charge on any atom is 0.193 e. The SMILES string of the molecule is CN=C(NCC(C)N1CCc2ccccc21)N1CCC(COC)C1.I. The lowest BCUT2D eigenvalue weighted by molar-refractivity contribution is 0.157. The van der Waals surface area contributed by atoms with Crippen molar-refractivity contribution in [1.29, 1.82) is 0 Å². The third-order valence-electron chi connectivity index (χ3n) is 5.21. The zero-order chi connectivity index (χ0) is 16.9. The normalized spacial score (nSPS) is 21.1. The van der Waals surface area contributed by atoms with E-state index in [9.17, 15) is 0 Å². The maximum atomic E-state index is 5.29. The van der Waals surface area contributed by atoms with Gasteiger partial charge in [0.25, 0.3) is 0 Å². The molecule has 2 atom stereocenters. The molecule has 6 heteroatoms. The van der Waals surface area contributed by atoms with E-state index in [4.69, 9.17) is 4.74 Å². The van der Waals surface area contributed by atoms with Gasteiger partial charge in [-0.15, -0.1) is 24.0 Å². The molecule has 2 unspecified atom stereocenters. The third-order valence-corrected chi connectivity index (χ3v) is 5.21. The number of benzene rings is 1. The Kier molecular flexibility index (Phi) is 7.81. The largest absolute Gasteiger partial charge is 0.384 e. The van der Waals surface area contributed by atoms with Gasteiger partial charge in [0.05, 0.1) is 6.61 Å². The molecule has 0 radical (unpaired) electrons. The summed E-state index contributed by atoms with van der Waals surface area (Å²) >= 11 is 0. The highest BCUT2D eigenvalue weighted by Gasteiger charge is 2.26. The Morgan fingerprint density at radius 3 is 2.92 bits per heavy atom. The second kappa shape index (κ2) is 9.62. The predicted molar refractivity (Wildman–Crippen MR) is 115 cm³/mol. The van der Waals surface area contributed by atoms with Gasteiger partial charge in [0, 0.05) is 58.0 Å². The molecule has 0 bridgehead atoms. The van der Waals surface area contributed by atoms with Crippen molar-refractivity contribution < 1.29 is 4.74 Å². The molecule has 2 aliphatic heterocycles. The molecule has 0 amide bonds. The highest BCUT2D eigenvalue weighted by molar-refractivity contribution is 14.0. The molecule has 1 aromatic carbocycles. The van der Waals surface area contributed by atoms with E-state index in [2.05, 4.69) is 51.3 Å². The van der Waals surface area contributed by atoms with Crippen molar-refractivity contribution in [1.82, 2.24) is 10.2 Å². The fourth-order valence-electron chi connectivity index (χ4n) is 3.90. The number of ether oxygens (including phenoxy) is 1. The molecule has 1 aromatic rings. The van der Waals surface area contributed by atoms with Crippen molar-refractivity contribution >= 4 is 35.6 Å². The van der Waals surface area contributed by atoms with E-state index in [1.807, 2.05) is 7.05 Å². The molecule has 2 aliphatic rings. The summed E-state index contributed by atoms with van der Waals surface area (Å²) in [6.45, 7) is 7.25. The lowest BCUT2D eigenvalue weighted by Crippen LogP contribution is -2.46. The summed E-state index contributed by atoms with van der Waals surface area (Å²) < 4.78 is 5.29. The Labute approximate surface area is 168 Å². The Hall–Kier alpha value is -1.02. The van der Waals surface area contributed by atoms with Gasteiger partial charge in [0.15, 0.2) is 5.96 Å². The van der Waals surface area contributed by atoms with Gasteiger partial charge < -0.3 is 19.9 Å². The summed E-state index contributed by atoms with van der Waals surface area (Å²) in [7, 11) is 3.66. The third kappa shape index (κ3) is 4.78. The van der Waals surface area contributed by atoms with Crippen LogP contribution < -0.4 is 10.2 Å². The van der Waals surface area contributed by atoms with E-state index >= 15 is 0 Å². The first-order valence-electron chi connectivity index (χ1n) is 9.02. The smallest absolute Gasteiger partial charge is 0.193 e. The van der Waals surface area contributed by atoms with Gasteiger partial charge in [-0.25, -0.2) is 0 Å². The number of fused-ring (bicyclic) bond motifs is 1. The second-order valence-corrected chi connectivity index (χ2v) is 6.91. The van der Waals surface area contributed by atoms with E-state index in [1.54, 1.807) is 7.11 Å². The van der Waals surface area contributed by atoms with Crippen molar-refractivity contribution in [3.8, 4) is 0 Å². The fraction of sp³-hybridized carbons (Fsp3) is 0.632. The molecule has 0 saturated carbocycles. The number of nitrogens with zero attached hydrogens (tertiary/aromatic N) is 3. The molecule has 5 nitrogen and oxygen atoms in total. The second-order valence-electron chi connectivity index (χ2n) is 6.91. The van der Waals surface area contributed by atoms with Crippen molar-refractivity contribution in [2.24, 2.45) is 10.9 Å².